The van der Waals surface area contributed by atoms with Gasteiger partial charge in [0, 0.05) is 18.7 Å². The predicted molar refractivity (Wildman–Crippen MR) is 97.7 cm³/mol. The first-order chi connectivity index (χ1) is 13.1. The van der Waals surface area contributed by atoms with Gasteiger partial charge in [-0.05, 0) is 50.3 Å². The lowest BCUT2D eigenvalue weighted by Crippen LogP contribution is -2.51. The number of aliphatic hydroxyl groups is 1. The van der Waals surface area contributed by atoms with Gasteiger partial charge in [0.1, 0.15) is 11.9 Å². The summed E-state index contributed by atoms with van der Waals surface area (Å²) in [5.74, 6) is -0.777. The van der Waals surface area contributed by atoms with Crippen LogP contribution < -0.4 is 5.32 Å². The van der Waals surface area contributed by atoms with E-state index < -0.39 is 17.8 Å². The van der Waals surface area contributed by atoms with Crippen LogP contribution in [0.15, 0.2) is 24.3 Å². The van der Waals surface area contributed by atoms with E-state index in [0.717, 1.165) is 25.9 Å². The summed E-state index contributed by atoms with van der Waals surface area (Å²) in [5, 5.41) is 12.5. The van der Waals surface area contributed by atoms with E-state index in [4.69, 9.17) is 4.74 Å². The highest BCUT2D eigenvalue weighted by molar-refractivity contribution is 5.94. The fourth-order valence-corrected chi connectivity index (χ4v) is 3.80. The average Bonchev–Trinajstić information content (AvgIpc) is 2.69. The third-order valence-electron chi connectivity index (χ3n) is 5.31. The van der Waals surface area contributed by atoms with Crippen molar-refractivity contribution in [2.75, 3.05) is 19.7 Å². The van der Waals surface area contributed by atoms with E-state index in [1.54, 1.807) is 0 Å². The molecule has 0 unspecified atom stereocenters. The number of nitrogens with zero attached hydrogens (tertiary/aromatic N) is 1. The zero-order valence-electron chi connectivity index (χ0n) is 15.4. The molecular formula is C20H27FN2O4. The lowest BCUT2D eigenvalue weighted by Gasteiger charge is -2.37. The highest BCUT2D eigenvalue weighted by atomic mass is 19.1. The topological polar surface area (TPSA) is 78.9 Å². The number of rotatable bonds is 5. The van der Waals surface area contributed by atoms with E-state index in [9.17, 15) is 19.1 Å². The van der Waals surface area contributed by atoms with Crippen LogP contribution in [-0.2, 0) is 9.53 Å². The SMILES string of the molecule is O=C(N[C@@H]1CC[C@@H](CC(=O)N2CCCCC2)O[C@@H]1CO)c1cccc(F)c1. The number of halogens is 1. The van der Waals surface area contributed by atoms with E-state index in [2.05, 4.69) is 5.32 Å². The number of carbonyl (C=O) groups is 2. The average molecular weight is 378 g/mol. The number of carbonyl (C=O) groups excluding carboxylic acids is 2. The number of ether oxygens (including phenoxy) is 1. The number of amides is 2. The van der Waals surface area contributed by atoms with Crippen LogP contribution in [0.3, 0.4) is 0 Å². The van der Waals surface area contributed by atoms with Crippen molar-refractivity contribution in [2.24, 2.45) is 0 Å². The van der Waals surface area contributed by atoms with Crippen LogP contribution in [0.1, 0.15) is 48.9 Å². The normalized spacial score (nSPS) is 25.9. The van der Waals surface area contributed by atoms with Crippen molar-refractivity contribution in [1.82, 2.24) is 10.2 Å². The quantitative estimate of drug-likeness (QED) is 0.820. The highest BCUT2D eigenvalue weighted by Gasteiger charge is 2.33. The minimum Gasteiger partial charge on any atom is -0.394 e. The van der Waals surface area contributed by atoms with Gasteiger partial charge >= 0.3 is 0 Å². The predicted octanol–water partition coefficient (Wildman–Crippen LogP) is 1.87. The number of hydrogen-bond donors (Lipinski definition) is 2. The van der Waals surface area contributed by atoms with Crippen molar-refractivity contribution in [2.45, 2.75) is 56.8 Å². The summed E-state index contributed by atoms with van der Waals surface area (Å²) in [6.07, 6.45) is 3.97. The van der Waals surface area contributed by atoms with E-state index in [1.807, 2.05) is 4.90 Å². The maximum Gasteiger partial charge on any atom is 0.251 e. The molecule has 2 heterocycles. The molecule has 3 atom stereocenters. The Kier molecular flexibility index (Phi) is 6.79. The van der Waals surface area contributed by atoms with Crippen LogP contribution >= 0.6 is 0 Å². The van der Waals surface area contributed by atoms with Crippen molar-refractivity contribution in [3.8, 4) is 0 Å². The Morgan fingerprint density at radius 2 is 2.00 bits per heavy atom. The molecule has 7 heteroatoms. The summed E-state index contributed by atoms with van der Waals surface area (Å²) in [7, 11) is 0. The summed E-state index contributed by atoms with van der Waals surface area (Å²) in [5.41, 5.74) is 0.231. The zero-order chi connectivity index (χ0) is 19.2. The summed E-state index contributed by atoms with van der Waals surface area (Å²) in [6, 6.07) is 5.10. The van der Waals surface area contributed by atoms with Gasteiger partial charge in [-0.2, -0.15) is 0 Å². The minimum atomic E-state index is -0.574. The summed E-state index contributed by atoms with van der Waals surface area (Å²) in [6.45, 7) is 1.37. The van der Waals surface area contributed by atoms with E-state index >= 15 is 0 Å². The van der Waals surface area contributed by atoms with Crippen LogP contribution in [0, 0.1) is 5.82 Å². The zero-order valence-corrected chi connectivity index (χ0v) is 15.4. The first-order valence-electron chi connectivity index (χ1n) is 9.67. The Hall–Kier alpha value is -1.99. The molecule has 0 aromatic heterocycles. The van der Waals surface area contributed by atoms with E-state index in [1.165, 1.54) is 30.7 Å². The van der Waals surface area contributed by atoms with Crippen LogP contribution in [0.4, 0.5) is 4.39 Å². The van der Waals surface area contributed by atoms with Crippen LogP contribution in [0.25, 0.3) is 0 Å². The molecule has 0 spiro atoms. The van der Waals surface area contributed by atoms with Gasteiger partial charge in [-0.3, -0.25) is 9.59 Å². The molecule has 2 fully saturated rings. The molecule has 0 bridgehead atoms. The molecule has 0 aliphatic carbocycles. The molecular weight excluding hydrogens is 351 g/mol. The monoisotopic (exact) mass is 378 g/mol. The van der Waals surface area contributed by atoms with Crippen molar-refractivity contribution >= 4 is 11.8 Å². The maximum absolute atomic E-state index is 13.3. The lowest BCUT2D eigenvalue weighted by molar-refractivity contribution is -0.141. The van der Waals surface area contributed by atoms with Gasteiger partial charge in [-0.1, -0.05) is 6.07 Å². The molecule has 2 aliphatic heterocycles. The number of aliphatic hydroxyl groups excluding tert-OH is 1. The van der Waals surface area contributed by atoms with E-state index in [-0.39, 0.29) is 30.2 Å². The fourth-order valence-electron chi connectivity index (χ4n) is 3.80. The number of likely N-dealkylation sites (tertiary alicyclic amines) is 1. The third kappa shape index (κ3) is 5.26. The number of piperidine rings is 1. The molecule has 2 aliphatic rings. The first-order valence-corrected chi connectivity index (χ1v) is 9.67. The largest absolute Gasteiger partial charge is 0.394 e. The second kappa shape index (κ2) is 9.28. The van der Waals surface area contributed by atoms with Crippen molar-refractivity contribution < 1.29 is 23.8 Å². The number of nitrogens with one attached hydrogen (secondary N) is 1. The maximum atomic E-state index is 13.3. The van der Waals surface area contributed by atoms with Gasteiger partial charge in [0.2, 0.25) is 5.91 Å². The van der Waals surface area contributed by atoms with Crippen LogP contribution in [-0.4, -0.2) is 59.8 Å². The summed E-state index contributed by atoms with van der Waals surface area (Å²) >= 11 is 0. The molecule has 0 saturated carbocycles. The third-order valence-corrected chi connectivity index (χ3v) is 5.31. The second-order valence-corrected chi connectivity index (χ2v) is 7.29. The first kappa shape index (κ1) is 19.8. The van der Waals surface area contributed by atoms with Gasteiger partial charge in [0.15, 0.2) is 0 Å². The second-order valence-electron chi connectivity index (χ2n) is 7.29. The highest BCUT2D eigenvalue weighted by Crippen LogP contribution is 2.23. The lowest BCUT2D eigenvalue weighted by atomic mass is 9.96. The smallest absolute Gasteiger partial charge is 0.251 e. The fraction of sp³-hybridized carbons (Fsp3) is 0.600. The Morgan fingerprint density at radius 3 is 2.70 bits per heavy atom. The molecule has 0 radical (unpaired) electrons. The molecule has 148 valence electrons. The Bertz CT molecular complexity index is 663. The standard InChI is InChI=1S/C20H27FN2O4/c21-15-6-4-5-14(11-15)20(26)22-17-8-7-16(27-18(17)13-24)12-19(25)23-9-2-1-3-10-23/h4-6,11,16-18,24H,1-3,7-10,12-13H2,(H,22,26)/t16-,17+,18+/m0/s1. The molecule has 1 aromatic carbocycles. The molecule has 27 heavy (non-hydrogen) atoms. The molecule has 2 amide bonds. The van der Waals surface area contributed by atoms with Gasteiger partial charge in [0.25, 0.3) is 5.91 Å². The Morgan fingerprint density at radius 1 is 1.22 bits per heavy atom. The van der Waals surface area contributed by atoms with Gasteiger partial charge < -0.3 is 20.1 Å². The van der Waals surface area contributed by atoms with Gasteiger partial charge in [0.05, 0.1) is 25.2 Å². The molecule has 3 rings (SSSR count). The van der Waals surface area contributed by atoms with Crippen molar-refractivity contribution in [1.29, 1.82) is 0 Å². The molecule has 2 saturated heterocycles. The summed E-state index contributed by atoms with van der Waals surface area (Å²) in [4.78, 5) is 26.6. The Balaban J connectivity index is 1.53. The summed E-state index contributed by atoms with van der Waals surface area (Å²) < 4.78 is 19.2. The van der Waals surface area contributed by atoms with Crippen LogP contribution in [0.5, 0.6) is 0 Å². The molecule has 2 N–H and O–H groups in total. The molecule has 1 aromatic rings. The van der Waals surface area contributed by atoms with Crippen molar-refractivity contribution in [3.05, 3.63) is 35.6 Å². The van der Waals surface area contributed by atoms with Gasteiger partial charge in [-0.25, -0.2) is 4.39 Å². The Labute approximate surface area is 158 Å². The minimum absolute atomic E-state index is 0.0960. The molecule has 6 nitrogen and oxygen atoms in total. The number of benzene rings is 1. The van der Waals surface area contributed by atoms with E-state index in [0.29, 0.717) is 19.3 Å². The van der Waals surface area contributed by atoms with Crippen LogP contribution in [0.2, 0.25) is 0 Å². The van der Waals surface area contributed by atoms with Gasteiger partial charge in [-0.15, -0.1) is 0 Å². The van der Waals surface area contributed by atoms with Crippen molar-refractivity contribution in [3.63, 3.8) is 0 Å². The number of hydrogen-bond acceptors (Lipinski definition) is 4.